The van der Waals surface area contributed by atoms with Gasteiger partial charge in [0, 0.05) is 38.6 Å². The van der Waals surface area contributed by atoms with Crippen LogP contribution in [0.25, 0.3) is 0 Å². The van der Waals surface area contributed by atoms with E-state index in [9.17, 15) is 4.79 Å². The van der Waals surface area contributed by atoms with Gasteiger partial charge in [-0.15, -0.1) is 0 Å². The van der Waals surface area contributed by atoms with Gasteiger partial charge in [-0.3, -0.25) is 4.79 Å². The zero-order valence-electron chi connectivity index (χ0n) is 10.3. The highest BCUT2D eigenvalue weighted by atomic mass is 16.5. The predicted octanol–water partition coefficient (Wildman–Crippen LogP) is 1.86. The van der Waals surface area contributed by atoms with Crippen LogP contribution in [0.15, 0.2) is 0 Å². The van der Waals surface area contributed by atoms with E-state index in [-0.39, 0.29) is 5.92 Å². The van der Waals surface area contributed by atoms with Crippen LogP contribution in [0.2, 0.25) is 0 Å². The van der Waals surface area contributed by atoms with Gasteiger partial charge in [0.2, 0.25) is 0 Å². The topological polar surface area (TPSA) is 29.5 Å². The Morgan fingerprint density at radius 1 is 1.44 bits per heavy atom. The summed E-state index contributed by atoms with van der Waals surface area (Å²) in [6.07, 6.45) is 6.13. The van der Waals surface area contributed by atoms with Gasteiger partial charge in [0.25, 0.3) is 0 Å². The van der Waals surface area contributed by atoms with Crippen LogP contribution in [0, 0.1) is 5.92 Å². The lowest BCUT2D eigenvalue weighted by Crippen LogP contribution is -2.41. The Labute approximate surface area is 98.1 Å². The van der Waals surface area contributed by atoms with Gasteiger partial charge in [-0.2, -0.15) is 0 Å². The normalized spacial score (nSPS) is 32.9. The number of carbonyl (C=O) groups excluding carboxylic acids is 1. The molecule has 2 aliphatic rings. The number of nitrogens with zero attached hydrogens (tertiary/aromatic N) is 1. The maximum Gasteiger partial charge on any atom is 0.138 e. The Morgan fingerprint density at radius 3 is 3.00 bits per heavy atom. The van der Waals surface area contributed by atoms with Crippen molar-refractivity contribution in [2.24, 2.45) is 5.92 Å². The zero-order valence-corrected chi connectivity index (χ0v) is 10.3. The molecular formula is C13H23NO2. The molecule has 0 spiro atoms. The molecule has 3 heteroatoms. The van der Waals surface area contributed by atoms with Crippen LogP contribution in [0.5, 0.6) is 0 Å². The number of hydrogen-bond donors (Lipinski definition) is 0. The molecule has 2 atom stereocenters. The van der Waals surface area contributed by atoms with Gasteiger partial charge in [-0.05, 0) is 25.7 Å². The smallest absolute Gasteiger partial charge is 0.138 e. The molecule has 92 valence electrons. The molecule has 16 heavy (non-hydrogen) atoms. The summed E-state index contributed by atoms with van der Waals surface area (Å²) in [6.45, 7) is 5.99. The highest BCUT2D eigenvalue weighted by Crippen LogP contribution is 2.18. The van der Waals surface area contributed by atoms with E-state index in [1.165, 1.54) is 19.3 Å². The van der Waals surface area contributed by atoms with Crippen molar-refractivity contribution in [1.29, 1.82) is 0 Å². The molecule has 0 aromatic heterocycles. The number of ketones is 1. The molecule has 0 aromatic carbocycles. The van der Waals surface area contributed by atoms with Gasteiger partial charge in [-0.25, -0.2) is 0 Å². The average molecular weight is 225 g/mol. The minimum Gasteiger partial charge on any atom is -0.378 e. The van der Waals surface area contributed by atoms with E-state index in [2.05, 4.69) is 4.90 Å². The highest BCUT2D eigenvalue weighted by molar-refractivity contribution is 5.81. The Balaban J connectivity index is 1.67. The van der Waals surface area contributed by atoms with Crippen molar-refractivity contribution in [3.05, 3.63) is 0 Å². The van der Waals surface area contributed by atoms with Crippen molar-refractivity contribution in [3.8, 4) is 0 Å². The lowest BCUT2D eigenvalue weighted by Gasteiger charge is -2.31. The number of ether oxygens (including phenoxy) is 1. The van der Waals surface area contributed by atoms with E-state index in [0.29, 0.717) is 11.9 Å². The fraction of sp³-hybridized carbons (Fsp3) is 0.923. The van der Waals surface area contributed by atoms with E-state index in [1.54, 1.807) is 0 Å². The summed E-state index contributed by atoms with van der Waals surface area (Å²) < 4.78 is 5.72. The van der Waals surface area contributed by atoms with Crippen LogP contribution >= 0.6 is 0 Å². The van der Waals surface area contributed by atoms with E-state index < -0.39 is 0 Å². The fourth-order valence-corrected chi connectivity index (χ4v) is 2.66. The molecule has 0 amide bonds. The third kappa shape index (κ3) is 3.29. The molecule has 0 bridgehead atoms. The first-order valence-corrected chi connectivity index (χ1v) is 6.62. The first-order chi connectivity index (χ1) is 7.75. The molecule has 2 heterocycles. The van der Waals surface area contributed by atoms with E-state index in [0.717, 1.165) is 39.1 Å². The summed E-state index contributed by atoms with van der Waals surface area (Å²) in [5.41, 5.74) is 0. The number of Topliss-reactive ketones (excluding diaryl/α,β-unsaturated/α-hetero) is 1. The Hall–Kier alpha value is -0.410. The maximum absolute atomic E-state index is 11.4. The van der Waals surface area contributed by atoms with Crippen molar-refractivity contribution >= 4 is 5.78 Å². The second-order valence-electron chi connectivity index (χ2n) is 5.20. The first kappa shape index (κ1) is 12.1. The third-order valence-electron chi connectivity index (χ3n) is 3.80. The van der Waals surface area contributed by atoms with E-state index >= 15 is 0 Å². The molecule has 2 unspecified atom stereocenters. The Bertz CT molecular complexity index is 236. The molecule has 2 saturated heterocycles. The number of rotatable bonds is 3. The lowest BCUT2D eigenvalue weighted by molar-refractivity contribution is -0.125. The Morgan fingerprint density at radius 2 is 2.31 bits per heavy atom. The van der Waals surface area contributed by atoms with Crippen molar-refractivity contribution in [3.63, 3.8) is 0 Å². The van der Waals surface area contributed by atoms with Crippen LogP contribution in [0.4, 0.5) is 0 Å². The number of likely N-dealkylation sites (tertiary alicyclic amines) is 1. The molecule has 2 aliphatic heterocycles. The molecule has 2 rings (SSSR count). The van der Waals surface area contributed by atoms with Crippen molar-refractivity contribution in [2.75, 3.05) is 26.2 Å². The van der Waals surface area contributed by atoms with Crippen LogP contribution in [-0.4, -0.2) is 43.0 Å². The van der Waals surface area contributed by atoms with Crippen LogP contribution in [0.3, 0.4) is 0 Å². The predicted molar refractivity (Wildman–Crippen MR) is 63.4 cm³/mol. The largest absolute Gasteiger partial charge is 0.378 e. The Kier molecular flexibility index (Phi) is 4.36. The van der Waals surface area contributed by atoms with Gasteiger partial charge in [-0.1, -0.05) is 6.92 Å². The fourth-order valence-electron chi connectivity index (χ4n) is 2.66. The number of hydrogen-bond acceptors (Lipinski definition) is 3. The number of carbonyl (C=O) groups is 1. The van der Waals surface area contributed by atoms with Crippen molar-refractivity contribution in [1.82, 2.24) is 4.90 Å². The van der Waals surface area contributed by atoms with E-state index in [1.807, 2.05) is 6.92 Å². The summed E-state index contributed by atoms with van der Waals surface area (Å²) in [4.78, 5) is 13.8. The van der Waals surface area contributed by atoms with Gasteiger partial charge >= 0.3 is 0 Å². The quantitative estimate of drug-likeness (QED) is 0.734. The third-order valence-corrected chi connectivity index (χ3v) is 3.80. The van der Waals surface area contributed by atoms with E-state index in [4.69, 9.17) is 4.74 Å². The van der Waals surface area contributed by atoms with Crippen LogP contribution in [0.1, 0.15) is 39.0 Å². The second kappa shape index (κ2) is 5.78. The molecule has 3 nitrogen and oxygen atoms in total. The molecule has 0 N–H and O–H groups in total. The maximum atomic E-state index is 11.4. The van der Waals surface area contributed by atoms with Gasteiger partial charge in [0.05, 0.1) is 6.10 Å². The lowest BCUT2D eigenvalue weighted by atomic mass is 9.98. The molecule has 0 aliphatic carbocycles. The van der Waals surface area contributed by atoms with Crippen LogP contribution < -0.4 is 0 Å². The summed E-state index contributed by atoms with van der Waals surface area (Å²) in [5, 5.41) is 0. The second-order valence-corrected chi connectivity index (χ2v) is 5.20. The monoisotopic (exact) mass is 225 g/mol. The minimum atomic E-state index is 0.237. The molecule has 0 radical (unpaired) electrons. The van der Waals surface area contributed by atoms with Gasteiger partial charge in [0.1, 0.15) is 5.78 Å². The summed E-state index contributed by atoms with van der Waals surface area (Å²) >= 11 is 0. The minimum absolute atomic E-state index is 0.237. The molecule has 2 fully saturated rings. The van der Waals surface area contributed by atoms with Crippen molar-refractivity contribution < 1.29 is 9.53 Å². The summed E-state index contributed by atoms with van der Waals surface area (Å²) in [5.74, 6) is 0.672. The first-order valence-electron chi connectivity index (χ1n) is 6.62. The molecule has 0 aromatic rings. The highest BCUT2D eigenvalue weighted by Gasteiger charge is 2.24. The standard InChI is InChI=1S/C13H23NO2/c1-11-10-14(8-6-13(11)15)7-5-12-4-2-3-9-16-12/h11-12H,2-10H2,1H3. The number of piperidine rings is 1. The molecular weight excluding hydrogens is 202 g/mol. The summed E-state index contributed by atoms with van der Waals surface area (Å²) in [7, 11) is 0. The average Bonchev–Trinajstić information content (AvgIpc) is 2.32. The zero-order chi connectivity index (χ0) is 11.4. The SMILES string of the molecule is CC1CN(CCC2CCCCO2)CCC1=O. The molecule has 0 saturated carbocycles. The van der Waals surface area contributed by atoms with Crippen LogP contribution in [-0.2, 0) is 9.53 Å². The summed E-state index contributed by atoms with van der Waals surface area (Å²) in [6, 6.07) is 0. The van der Waals surface area contributed by atoms with Gasteiger partial charge < -0.3 is 9.64 Å². The van der Waals surface area contributed by atoms with Gasteiger partial charge in [0.15, 0.2) is 0 Å². The van der Waals surface area contributed by atoms with Crippen molar-refractivity contribution in [2.45, 2.75) is 45.1 Å².